The number of thiophene rings is 1. The minimum atomic E-state index is -0.945. The highest BCUT2D eigenvalue weighted by molar-refractivity contribution is 7.12. The number of hydrogen-bond acceptors (Lipinski definition) is 5. The Morgan fingerprint density at radius 3 is 2.82 bits per heavy atom. The maximum absolute atomic E-state index is 9.65. The zero-order valence-corrected chi connectivity index (χ0v) is 14.5. The first-order chi connectivity index (χ1) is 10.4. The SMILES string of the molecule is CN1CCN(Cc2ccc(C#CC(C)(C)O)s2)C[C@H]1CCO. The summed E-state index contributed by atoms with van der Waals surface area (Å²) in [6, 6.07) is 4.59. The number of hydrogen-bond donors (Lipinski definition) is 2. The highest BCUT2D eigenvalue weighted by Crippen LogP contribution is 2.20. The van der Waals surface area contributed by atoms with E-state index in [9.17, 15) is 5.11 Å². The van der Waals surface area contributed by atoms with Crippen molar-refractivity contribution in [2.45, 2.75) is 38.5 Å². The van der Waals surface area contributed by atoms with E-state index in [0.717, 1.165) is 37.5 Å². The number of aliphatic hydroxyl groups is 2. The van der Waals surface area contributed by atoms with Gasteiger partial charge in [-0.3, -0.25) is 4.90 Å². The predicted molar refractivity (Wildman–Crippen MR) is 90.9 cm³/mol. The summed E-state index contributed by atoms with van der Waals surface area (Å²) in [5, 5.41) is 18.8. The number of piperazine rings is 1. The molecule has 2 rings (SSSR count). The first-order valence-electron chi connectivity index (χ1n) is 7.75. The van der Waals surface area contributed by atoms with E-state index in [1.165, 1.54) is 4.88 Å². The molecule has 4 nitrogen and oxygen atoms in total. The Morgan fingerprint density at radius 1 is 1.36 bits per heavy atom. The number of rotatable bonds is 4. The lowest BCUT2D eigenvalue weighted by molar-refractivity contribution is 0.0749. The van der Waals surface area contributed by atoms with Crippen LogP contribution in [0.25, 0.3) is 0 Å². The van der Waals surface area contributed by atoms with Gasteiger partial charge in [-0.15, -0.1) is 11.3 Å². The molecule has 1 aliphatic rings. The van der Waals surface area contributed by atoms with Crippen LogP contribution >= 0.6 is 11.3 Å². The van der Waals surface area contributed by atoms with Crippen LogP contribution in [-0.4, -0.2) is 64.9 Å². The summed E-state index contributed by atoms with van der Waals surface area (Å²) >= 11 is 1.69. The van der Waals surface area contributed by atoms with Crippen LogP contribution in [0.4, 0.5) is 0 Å². The van der Waals surface area contributed by atoms with Gasteiger partial charge in [-0.1, -0.05) is 11.8 Å². The van der Waals surface area contributed by atoms with Crippen molar-refractivity contribution in [1.82, 2.24) is 9.80 Å². The second kappa shape index (κ2) is 7.58. The van der Waals surface area contributed by atoms with Gasteiger partial charge in [-0.2, -0.15) is 0 Å². The maximum Gasteiger partial charge on any atom is 0.120 e. The maximum atomic E-state index is 9.65. The fraction of sp³-hybridized carbons (Fsp3) is 0.647. The third-order valence-corrected chi connectivity index (χ3v) is 4.84. The molecule has 0 bridgehead atoms. The van der Waals surface area contributed by atoms with E-state index in [4.69, 9.17) is 5.11 Å². The van der Waals surface area contributed by atoms with Crippen LogP contribution in [0.3, 0.4) is 0 Å². The fourth-order valence-electron chi connectivity index (χ4n) is 2.58. The van der Waals surface area contributed by atoms with Crippen molar-refractivity contribution >= 4 is 11.3 Å². The minimum Gasteiger partial charge on any atom is -0.396 e. The predicted octanol–water partition coefficient (Wildman–Crippen LogP) is 1.37. The molecule has 1 aromatic heterocycles. The molecule has 1 atom stereocenters. The zero-order chi connectivity index (χ0) is 16.2. The lowest BCUT2D eigenvalue weighted by Gasteiger charge is -2.39. The van der Waals surface area contributed by atoms with Crippen molar-refractivity contribution in [3.63, 3.8) is 0 Å². The Hall–Kier alpha value is -0.900. The normalized spacial score (nSPS) is 20.7. The summed E-state index contributed by atoms with van der Waals surface area (Å²) in [4.78, 5) is 7.08. The van der Waals surface area contributed by atoms with E-state index in [1.54, 1.807) is 25.2 Å². The second-order valence-electron chi connectivity index (χ2n) is 6.46. The standard InChI is InChI=1S/C17H26N2O2S/c1-17(2,21)8-6-15-4-5-16(22-15)13-19-10-9-18(3)14(12-19)7-11-20/h4-5,14,20-21H,7,9-13H2,1-3H3/t14-/m1/s1. The van der Waals surface area contributed by atoms with Crippen molar-refractivity contribution < 1.29 is 10.2 Å². The smallest absolute Gasteiger partial charge is 0.120 e. The molecule has 0 aromatic carbocycles. The summed E-state index contributed by atoms with van der Waals surface area (Å²) in [5.74, 6) is 5.89. The van der Waals surface area contributed by atoms with E-state index in [-0.39, 0.29) is 6.61 Å². The molecule has 0 unspecified atom stereocenters. The van der Waals surface area contributed by atoms with Gasteiger partial charge in [-0.05, 0) is 39.4 Å². The van der Waals surface area contributed by atoms with Gasteiger partial charge in [0.05, 0.1) is 4.88 Å². The first kappa shape index (κ1) is 17.5. The van der Waals surface area contributed by atoms with E-state index >= 15 is 0 Å². The molecule has 0 saturated carbocycles. The van der Waals surface area contributed by atoms with Crippen molar-refractivity contribution in [3.05, 3.63) is 21.9 Å². The van der Waals surface area contributed by atoms with Crippen LogP contribution in [-0.2, 0) is 6.54 Å². The molecule has 2 heterocycles. The Kier molecular flexibility index (Phi) is 6.01. The van der Waals surface area contributed by atoms with Crippen LogP contribution in [0.5, 0.6) is 0 Å². The summed E-state index contributed by atoms with van der Waals surface area (Å²) in [6.45, 7) is 7.67. The third-order valence-electron chi connectivity index (χ3n) is 3.86. The van der Waals surface area contributed by atoms with E-state index in [1.807, 2.05) is 6.07 Å². The summed E-state index contributed by atoms with van der Waals surface area (Å²) in [7, 11) is 2.13. The molecule has 2 N–H and O–H groups in total. The first-order valence-corrected chi connectivity index (χ1v) is 8.57. The van der Waals surface area contributed by atoms with Crippen molar-refractivity contribution in [2.24, 2.45) is 0 Å². The topological polar surface area (TPSA) is 46.9 Å². The largest absolute Gasteiger partial charge is 0.396 e. The minimum absolute atomic E-state index is 0.249. The number of likely N-dealkylation sites (N-methyl/N-ethyl adjacent to an activating group) is 1. The van der Waals surface area contributed by atoms with Gasteiger partial charge in [0.1, 0.15) is 5.60 Å². The average Bonchev–Trinajstić information content (AvgIpc) is 2.87. The van der Waals surface area contributed by atoms with E-state index in [0.29, 0.717) is 6.04 Å². The number of nitrogens with zero attached hydrogens (tertiary/aromatic N) is 2. The van der Waals surface area contributed by atoms with Crippen molar-refractivity contribution in [2.75, 3.05) is 33.3 Å². The Bertz CT molecular complexity index is 539. The summed E-state index contributed by atoms with van der Waals surface area (Å²) < 4.78 is 0. The lowest BCUT2D eigenvalue weighted by Crippen LogP contribution is -2.51. The zero-order valence-electron chi connectivity index (χ0n) is 13.7. The third kappa shape index (κ3) is 5.38. The van der Waals surface area contributed by atoms with Crippen LogP contribution in [0.1, 0.15) is 30.0 Å². The molecule has 0 radical (unpaired) electrons. The summed E-state index contributed by atoms with van der Waals surface area (Å²) in [6.07, 6.45) is 0.833. The molecule has 1 aromatic rings. The van der Waals surface area contributed by atoms with Crippen LogP contribution < -0.4 is 0 Å². The van der Waals surface area contributed by atoms with E-state index in [2.05, 4.69) is 34.8 Å². The molecule has 1 fully saturated rings. The Morgan fingerprint density at radius 2 is 2.14 bits per heavy atom. The molecule has 1 aliphatic heterocycles. The van der Waals surface area contributed by atoms with E-state index < -0.39 is 5.60 Å². The molecule has 122 valence electrons. The van der Waals surface area contributed by atoms with Crippen LogP contribution in [0.15, 0.2) is 12.1 Å². The van der Waals surface area contributed by atoms with Gasteiger partial charge >= 0.3 is 0 Å². The van der Waals surface area contributed by atoms with Gasteiger partial charge < -0.3 is 15.1 Å². The van der Waals surface area contributed by atoms with Gasteiger partial charge in [0.15, 0.2) is 0 Å². The Balaban J connectivity index is 1.94. The monoisotopic (exact) mass is 322 g/mol. The highest BCUT2D eigenvalue weighted by atomic mass is 32.1. The van der Waals surface area contributed by atoms with Gasteiger partial charge in [0, 0.05) is 43.7 Å². The molecule has 22 heavy (non-hydrogen) atoms. The van der Waals surface area contributed by atoms with Gasteiger partial charge in [0.2, 0.25) is 0 Å². The molecule has 0 aliphatic carbocycles. The van der Waals surface area contributed by atoms with Crippen molar-refractivity contribution in [1.29, 1.82) is 0 Å². The average molecular weight is 322 g/mol. The second-order valence-corrected chi connectivity index (χ2v) is 7.63. The molecule has 5 heteroatoms. The van der Waals surface area contributed by atoms with Gasteiger partial charge in [0.25, 0.3) is 0 Å². The van der Waals surface area contributed by atoms with Gasteiger partial charge in [-0.25, -0.2) is 0 Å². The Labute approximate surface area is 137 Å². The molecule has 0 amide bonds. The van der Waals surface area contributed by atoms with Crippen molar-refractivity contribution in [3.8, 4) is 11.8 Å². The van der Waals surface area contributed by atoms with Crippen LogP contribution in [0.2, 0.25) is 0 Å². The number of aliphatic hydroxyl groups excluding tert-OH is 1. The molecule has 0 spiro atoms. The highest BCUT2D eigenvalue weighted by Gasteiger charge is 2.23. The summed E-state index contributed by atoms with van der Waals surface area (Å²) in [5.41, 5.74) is -0.945. The fourth-order valence-corrected chi connectivity index (χ4v) is 3.48. The quantitative estimate of drug-likeness (QED) is 0.822. The van der Waals surface area contributed by atoms with Crippen LogP contribution in [0, 0.1) is 11.8 Å². The molecular formula is C17H26N2O2S. The lowest BCUT2D eigenvalue weighted by atomic mass is 10.1. The molecule has 1 saturated heterocycles. The molecular weight excluding hydrogens is 296 g/mol.